The number of carboxylic acids is 1. The fraction of sp³-hybridized carbons (Fsp3) is 0.333. The van der Waals surface area contributed by atoms with Gasteiger partial charge in [0.25, 0.3) is 0 Å². The van der Waals surface area contributed by atoms with E-state index in [2.05, 4.69) is 15.6 Å². The maximum absolute atomic E-state index is 12.1. The van der Waals surface area contributed by atoms with Crippen molar-refractivity contribution in [2.24, 2.45) is 0 Å². The van der Waals surface area contributed by atoms with Crippen molar-refractivity contribution in [3.05, 3.63) is 41.2 Å². The highest BCUT2D eigenvalue weighted by Crippen LogP contribution is 2.18. The number of aromatic carboxylic acids is 1. The highest BCUT2D eigenvalue weighted by atomic mass is 16.4. The van der Waals surface area contributed by atoms with Crippen LogP contribution in [-0.2, 0) is 11.3 Å². The maximum atomic E-state index is 12.1. The van der Waals surface area contributed by atoms with Crippen LogP contribution in [0.15, 0.2) is 24.3 Å². The van der Waals surface area contributed by atoms with Crippen LogP contribution in [-0.4, -0.2) is 32.0 Å². The Balaban J connectivity index is 2.17. The van der Waals surface area contributed by atoms with E-state index in [-0.39, 0.29) is 24.1 Å². The Labute approximate surface area is 128 Å². The second-order valence-corrected chi connectivity index (χ2v) is 5.36. The number of benzene rings is 1. The molecule has 2 aromatic rings. The lowest BCUT2D eigenvalue weighted by atomic mass is 10.1. The predicted octanol–water partition coefficient (Wildman–Crippen LogP) is 2.05. The van der Waals surface area contributed by atoms with E-state index in [4.69, 9.17) is 5.11 Å². The zero-order valence-electron chi connectivity index (χ0n) is 12.7. The molecule has 1 aromatic heterocycles. The SMILES string of the molecule is Cc1cccc(NC(=O)Cn2nnc(C(=O)O)c2C(C)C)c1. The van der Waals surface area contributed by atoms with Crippen LogP contribution in [0.4, 0.5) is 5.69 Å². The number of carboxylic acid groups (broad SMARTS) is 1. The van der Waals surface area contributed by atoms with Crippen molar-refractivity contribution in [1.82, 2.24) is 15.0 Å². The van der Waals surface area contributed by atoms with Crippen molar-refractivity contribution in [2.75, 3.05) is 5.32 Å². The second-order valence-electron chi connectivity index (χ2n) is 5.36. The van der Waals surface area contributed by atoms with Gasteiger partial charge in [0, 0.05) is 5.69 Å². The average Bonchev–Trinajstić information content (AvgIpc) is 2.82. The minimum Gasteiger partial charge on any atom is -0.476 e. The number of anilines is 1. The standard InChI is InChI=1S/C15H18N4O3/c1-9(2)14-13(15(21)22)17-18-19(14)8-12(20)16-11-6-4-5-10(3)7-11/h4-7,9H,8H2,1-3H3,(H,16,20)(H,21,22). The summed E-state index contributed by atoms with van der Waals surface area (Å²) < 4.78 is 1.33. The number of aromatic nitrogens is 3. The summed E-state index contributed by atoms with van der Waals surface area (Å²) in [5.74, 6) is -1.53. The van der Waals surface area contributed by atoms with Crippen LogP contribution < -0.4 is 5.32 Å². The lowest BCUT2D eigenvalue weighted by Crippen LogP contribution is -2.21. The molecule has 1 heterocycles. The first kappa shape index (κ1) is 15.7. The Morgan fingerprint density at radius 1 is 1.36 bits per heavy atom. The van der Waals surface area contributed by atoms with Crippen LogP contribution in [0, 0.1) is 6.92 Å². The molecule has 116 valence electrons. The molecule has 22 heavy (non-hydrogen) atoms. The maximum Gasteiger partial charge on any atom is 0.358 e. The van der Waals surface area contributed by atoms with E-state index in [1.54, 1.807) is 6.07 Å². The van der Waals surface area contributed by atoms with E-state index >= 15 is 0 Å². The fourth-order valence-corrected chi connectivity index (χ4v) is 2.22. The summed E-state index contributed by atoms with van der Waals surface area (Å²) in [5, 5.41) is 19.3. The van der Waals surface area contributed by atoms with Gasteiger partial charge in [-0.1, -0.05) is 31.2 Å². The molecule has 2 rings (SSSR count). The van der Waals surface area contributed by atoms with Crippen molar-refractivity contribution >= 4 is 17.6 Å². The zero-order chi connectivity index (χ0) is 16.3. The number of hydrogen-bond donors (Lipinski definition) is 2. The number of nitrogens with one attached hydrogen (secondary N) is 1. The van der Waals surface area contributed by atoms with E-state index in [1.807, 2.05) is 39.0 Å². The molecular formula is C15H18N4O3. The first-order chi connectivity index (χ1) is 10.4. The van der Waals surface area contributed by atoms with Gasteiger partial charge in [0.15, 0.2) is 5.69 Å². The third-order valence-corrected chi connectivity index (χ3v) is 3.12. The molecule has 7 heteroatoms. The topological polar surface area (TPSA) is 97.1 Å². The van der Waals surface area contributed by atoms with Crippen molar-refractivity contribution in [3.63, 3.8) is 0 Å². The Morgan fingerprint density at radius 2 is 2.09 bits per heavy atom. The van der Waals surface area contributed by atoms with Gasteiger partial charge in [0.05, 0.1) is 5.69 Å². The van der Waals surface area contributed by atoms with Gasteiger partial charge < -0.3 is 10.4 Å². The first-order valence-corrected chi connectivity index (χ1v) is 6.91. The number of rotatable bonds is 5. The van der Waals surface area contributed by atoms with E-state index in [9.17, 15) is 9.59 Å². The van der Waals surface area contributed by atoms with Crippen LogP contribution in [0.2, 0.25) is 0 Å². The molecule has 0 spiro atoms. The van der Waals surface area contributed by atoms with Crippen molar-refractivity contribution in [1.29, 1.82) is 0 Å². The molecule has 0 aliphatic rings. The summed E-state index contributed by atoms with van der Waals surface area (Å²) in [7, 11) is 0. The summed E-state index contributed by atoms with van der Waals surface area (Å²) in [6.45, 7) is 5.52. The molecule has 2 N–H and O–H groups in total. The van der Waals surface area contributed by atoms with E-state index in [1.165, 1.54) is 4.68 Å². The Bertz CT molecular complexity index is 707. The lowest BCUT2D eigenvalue weighted by molar-refractivity contribution is -0.117. The largest absolute Gasteiger partial charge is 0.476 e. The van der Waals surface area contributed by atoms with Crippen LogP contribution in [0.1, 0.15) is 41.5 Å². The Morgan fingerprint density at radius 3 is 2.68 bits per heavy atom. The third-order valence-electron chi connectivity index (χ3n) is 3.12. The number of nitrogens with zero attached hydrogens (tertiary/aromatic N) is 3. The fourth-order valence-electron chi connectivity index (χ4n) is 2.22. The van der Waals surface area contributed by atoms with Gasteiger partial charge in [-0.15, -0.1) is 5.10 Å². The van der Waals surface area contributed by atoms with Gasteiger partial charge in [0.1, 0.15) is 6.54 Å². The summed E-state index contributed by atoms with van der Waals surface area (Å²) >= 11 is 0. The van der Waals surface area contributed by atoms with Gasteiger partial charge >= 0.3 is 5.97 Å². The Hall–Kier alpha value is -2.70. The summed E-state index contributed by atoms with van der Waals surface area (Å²) in [5.41, 5.74) is 2.05. The van der Waals surface area contributed by atoms with Crippen LogP contribution in [0.25, 0.3) is 0 Å². The van der Waals surface area contributed by atoms with Gasteiger partial charge in [-0.3, -0.25) is 4.79 Å². The van der Waals surface area contributed by atoms with Crippen molar-refractivity contribution < 1.29 is 14.7 Å². The van der Waals surface area contributed by atoms with E-state index in [0.717, 1.165) is 5.56 Å². The second kappa shape index (κ2) is 6.38. The third kappa shape index (κ3) is 3.49. The molecule has 0 saturated carbocycles. The molecule has 1 amide bonds. The highest BCUT2D eigenvalue weighted by molar-refractivity contribution is 5.91. The van der Waals surface area contributed by atoms with Crippen LogP contribution in [0.3, 0.4) is 0 Å². The van der Waals surface area contributed by atoms with Crippen LogP contribution >= 0.6 is 0 Å². The molecular weight excluding hydrogens is 284 g/mol. The molecule has 0 aliphatic heterocycles. The molecule has 0 fully saturated rings. The van der Waals surface area contributed by atoms with Gasteiger partial charge in [-0.25, -0.2) is 9.48 Å². The first-order valence-electron chi connectivity index (χ1n) is 6.91. The van der Waals surface area contributed by atoms with Crippen LogP contribution in [0.5, 0.6) is 0 Å². The number of carbonyl (C=O) groups excluding carboxylic acids is 1. The smallest absolute Gasteiger partial charge is 0.358 e. The number of hydrogen-bond acceptors (Lipinski definition) is 4. The highest BCUT2D eigenvalue weighted by Gasteiger charge is 2.22. The molecule has 0 atom stereocenters. The quantitative estimate of drug-likeness (QED) is 0.881. The normalized spacial score (nSPS) is 10.7. The minimum atomic E-state index is -1.14. The van der Waals surface area contributed by atoms with E-state index in [0.29, 0.717) is 11.4 Å². The average molecular weight is 302 g/mol. The number of amides is 1. The Kier molecular flexibility index (Phi) is 4.55. The predicted molar refractivity (Wildman–Crippen MR) is 80.9 cm³/mol. The van der Waals surface area contributed by atoms with Gasteiger partial charge in [-0.05, 0) is 30.5 Å². The minimum absolute atomic E-state index is 0.0816. The molecule has 0 aliphatic carbocycles. The molecule has 7 nitrogen and oxygen atoms in total. The summed E-state index contributed by atoms with van der Waals surface area (Å²) in [4.78, 5) is 23.2. The molecule has 0 saturated heterocycles. The molecule has 0 radical (unpaired) electrons. The van der Waals surface area contributed by atoms with Crippen molar-refractivity contribution in [2.45, 2.75) is 33.2 Å². The molecule has 0 bridgehead atoms. The number of carbonyl (C=O) groups is 2. The number of aryl methyl sites for hydroxylation is 1. The summed E-state index contributed by atoms with van der Waals surface area (Å²) in [6.07, 6.45) is 0. The van der Waals surface area contributed by atoms with E-state index < -0.39 is 5.97 Å². The monoisotopic (exact) mass is 302 g/mol. The van der Waals surface area contributed by atoms with Gasteiger partial charge in [0.2, 0.25) is 5.91 Å². The molecule has 0 unspecified atom stereocenters. The van der Waals surface area contributed by atoms with Gasteiger partial charge in [-0.2, -0.15) is 0 Å². The lowest BCUT2D eigenvalue weighted by Gasteiger charge is -2.10. The molecule has 1 aromatic carbocycles. The van der Waals surface area contributed by atoms with Crippen molar-refractivity contribution in [3.8, 4) is 0 Å². The zero-order valence-corrected chi connectivity index (χ0v) is 12.7. The summed E-state index contributed by atoms with van der Waals surface area (Å²) in [6, 6.07) is 7.43.